The van der Waals surface area contributed by atoms with E-state index in [-0.39, 0.29) is 30.6 Å². The van der Waals surface area contributed by atoms with Gasteiger partial charge in [-0.1, -0.05) is 51.4 Å². The summed E-state index contributed by atoms with van der Waals surface area (Å²) in [5.74, 6) is 0. The van der Waals surface area contributed by atoms with Gasteiger partial charge >= 0.3 is 0 Å². The summed E-state index contributed by atoms with van der Waals surface area (Å²) in [6.45, 7) is 0. The molecule has 0 aromatic carbocycles. The van der Waals surface area contributed by atoms with Gasteiger partial charge in [0.05, 0.1) is 0 Å². The van der Waals surface area contributed by atoms with Crippen molar-refractivity contribution in [2.75, 3.05) is 0 Å². The predicted octanol–water partition coefficient (Wildman–Crippen LogP) is 2.85. The van der Waals surface area contributed by atoms with E-state index in [2.05, 4.69) is 0 Å². The summed E-state index contributed by atoms with van der Waals surface area (Å²) < 4.78 is 0. The molecule has 0 atom stereocenters. The Morgan fingerprint density at radius 2 is 0.500 bits per heavy atom. The molecule has 62 valence electrons. The number of hydrogen-bond donors (Lipinski definition) is 0. The Labute approximate surface area is 82.1 Å². The Morgan fingerprint density at radius 3 is 0.600 bits per heavy atom. The zero-order valence-corrected chi connectivity index (χ0v) is 9.28. The summed E-state index contributed by atoms with van der Waals surface area (Å²) in [5, 5.41) is 0. The van der Waals surface area contributed by atoms with Gasteiger partial charge in [-0.3, -0.25) is 0 Å². The Morgan fingerprint density at radius 1 is 0.400 bits per heavy atom. The molecule has 2 heteroatoms. The molecule has 2 radical (unpaired) electrons. The Hall–Kier alpha value is 0.869. The maximum atomic E-state index is 1.50. The molecule has 0 amide bonds. The van der Waals surface area contributed by atoms with E-state index >= 15 is 0 Å². The van der Waals surface area contributed by atoms with E-state index < -0.39 is 0 Å². The molecule has 0 saturated heterocycles. The molecule has 0 heterocycles. The Balaban J connectivity index is 0. The predicted molar refractivity (Wildman–Crippen MR) is 53.1 cm³/mol. The van der Waals surface area contributed by atoms with E-state index in [1.807, 2.05) is 0 Å². The smallest absolute Gasteiger partial charge is 0 e. The minimum atomic E-state index is 0. The van der Waals surface area contributed by atoms with Gasteiger partial charge in [-0.2, -0.15) is 13.5 Å². The van der Waals surface area contributed by atoms with E-state index in [4.69, 9.17) is 0 Å². The molecule has 1 fully saturated rings. The SMILES string of the molecule is C1CCCCCCC1.S.[Se]. The number of hydrogen-bond acceptors (Lipinski definition) is 0. The summed E-state index contributed by atoms with van der Waals surface area (Å²) in [6, 6.07) is 0. The molecular weight excluding hydrogens is 207 g/mol. The van der Waals surface area contributed by atoms with Gasteiger partial charge in [0, 0.05) is 17.1 Å². The van der Waals surface area contributed by atoms with Crippen LogP contribution >= 0.6 is 13.5 Å². The van der Waals surface area contributed by atoms with Crippen molar-refractivity contribution in [2.24, 2.45) is 0 Å². The van der Waals surface area contributed by atoms with Crippen LogP contribution < -0.4 is 0 Å². The molecule has 1 rings (SSSR count). The third kappa shape index (κ3) is 6.98. The first-order valence-electron chi connectivity index (χ1n) is 4.00. The molecule has 0 N–H and O–H groups in total. The minimum Gasteiger partial charge on any atom is -0.197 e. The van der Waals surface area contributed by atoms with E-state index in [9.17, 15) is 0 Å². The average molecular weight is 225 g/mol. The summed E-state index contributed by atoms with van der Waals surface area (Å²) >= 11 is 0. The third-order valence-electron chi connectivity index (χ3n) is 2.00. The monoisotopic (exact) mass is 226 g/mol. The molecule has 1 aliphatic carbocycles. The quantitative estimate of drug-likeness (QED) is 0.556. The van der Waals surface area contributed by atoms with Crippen molar-refractivity contribution in [3.63, 3.8) is 0 Å². The van der Waals surface area contributed by atoms with Gasteiger partial charge in [-0.05, 0) is 0 Å². The average Bonchev–Trinajstić information content (AvgIpc) is 1.62. The molecule has 0 aromatic heterocycles. The molecule has 0 aliphatic heterocycles. The topological polar surface area (TPSA) is 0 Å². The van der Waals surface area contributed by atoms with Crippen LogP contribution in [0.3, 0.4) is 0 Å². The molecule has 10 heavy (non-hydrogen) atoms. The van der Waals surface area contributed by atoms with Crippen molar-refractivity contribution in [3.8, 4) is 0 Å². The molecule has 1 saturated carbocycles. The maximum absolute atomic E-state index is 1.50. The van der Waals surface area contributed by atoms with Crippen molar-refractivity contribution < 1.29 is 0 Å². The van der Waals surface area contributed by atoms with E-state index in [1.165, 1.54) is 51.4 Å². The first kappa shape index (κ1) is 13.5. The van der Waals surface area contributed by atoms with Gasteiger partial charge < -0.3 is 0 Å². The van der Waals surface area contributed by atoms with Crippen LogP contribution in [0.2, 0.25) is 0 Å². The second-order valence-electron chi connectivity index (χ2n) is 2.83. The Bertz CT molecular complexity index is 33.2. The molecule has 0 spiro atoms. The van der Waals surface area contributed by atoms with Gasteiger partial charge in [0.1, 0.15) is 0 Å². The first-order chi connectivity index (χ1) is 4.00. The number of rotatable bonds is 0. The van der Waals surface area contributed by atoms with E-state index in [0.29, 0.717) is 0 Å². The molecule has 0 unspecified atom stereocenters. The first-order valence-corrected chi connectivity index (χ1v) is 4.00. The summed E-state index contributed by atoms with van der Waals surface area (Å²) in [4.78, 5) is 0. The molecule has 1 aliphatic rings. The molecule has 0 bridgehead atoms. The minimum absolute atomic E-state index is 0. The van der Waals surface area contributed by atoms with Gasteiger partial charge in [-0.15, -0.1) is 0 Å². The fourth-order valence-corrected chi connectivity index (χ4v) is 1.41. The molecule has 0 aromatic rings. The van der Waals surface area contributed by atoms with Crippen LogP contribution in [0.25, 0.3) is 0 Å². The summed E-state index contributed by atoms with van der Waals surface area (Å²) in [7, 11) is 0. The van der Waals surface area contributed by atoms with Gasteiger partial charge in [0.2, 0.25) is 0 Å². The Kier molecular flexibility index (Phi) is 13.3. The second kappa shape index (κ2) is 9.87. The van der Waals surface area contributed by atoms with Crippen LogP contribution in [-0.4, -0.2) is 17.1 Å². The van der Waals surface area contributed by atoms with Crippen LogP contribution in [0.4, 0.5) is 0 Å². The van der Waals surface area contributed by atoms with Crippen LogP contribution in [0.15, 0.2) is 0 Å². The van der Waals surface area contributed by atoms with Gasteiger partial charge in [0.25, 0.3) is 0 Å². The van der Waals surface area contributed by atoms with Crippen molar-refractivity contribution in [1.29, 1.82) is 0 Å². The van der Waals surface area contributed by atoms with Crippen molar-refractivity contribution in [1.82, 2.24) is 0 Å². The van der Waals surface area contributed by atoms with Crippen molar-refractivity contribution in [2.45, 2.75) is 51.4 Å². The van der Waals surface area contributed by atoms with Gasteiger partial charge in [-0.25, -0.2) is 0 Å². The maximum Gasteiger partial charge on any atom is 0 e. The van der Waals surface area contributed by atoms with E-state index in [0.717, 1.165) is 0 Å². The zero-order chi connectivity index (χ0) is 5.66. The fraction of sp³-hybridized carbons (Fsp3) is 1.00. The van der Waals surface area contributed by atoms with Crippen LogP contribution in [0.1, 0.15) is 51.4 Å². The third-order valence-corrected chi connectivity index (χ3v) is 2.00. The second-order valence-corrected chi connectivity index (χ2v) is 2.83. The summed E-state index contributed by atoms with van der Waals surface area (Å²) in [6.07, 6.45) is 12.0. The van der Waals surface area contributed by atoms with Crippen LogP contribution in [0, 0.1) is 0 Å². The van der Waals surface area contributed by atoms with Crippen molar-refractivity contribution >= 4 is 30.6 Å². The van der Waals surface area contributed by atoms with Crippen molar-refractivity contribution in [3.05, 3.63) is 0 Å². The van der Waals surface area contributed by atoms with Crippen LogP contribution in [-0.2, 0) is 0 Å². The van der Waals surface area contributed by atoms with E-state index in [1.54, 1.807) is 0 Å². The van der Waals surface area contributed by atoms with Crippen LogP contribution in [0.5, 0.6) is 0 Å². The zero-order valence-electron chi connectivity index (χ0n) is 6.57. The largest absolute Gasteiger partial charge is 0.197 e. The molecule has 0 nitrogen and oxygen atoms in total. The normalized spacial score (nSPS) is 19.2. The summed E-state index contributed by atoms with van der Waals surface area (Å²) in [5.41, 5.74) is 0. The van der Waals surface area contributed by atoms with Gasteiger partial charge in [0.15, 0.2) is 0 Å². The molecular formula is C8H18SSe. The standard InChI is InChI=1S/C8H16.H2S.Se/c1-2-4-6-8-7-5-3-1;;/h1-8H2;1H2;. The fourth-order valence-electron chi connectivity index (χ4n) is 1.41.